The van der Waals surface area contributed by atoms with Crippen LogP contribution in [-0.2, 0) is 0 Å². The molecule has 0 aliphatic carbocycles. The summed E-state index contributed by atoms with van der Waals surface area (Å²) < 4.78 is 13.5. The third-order valence-electron chi connectivity index (χ3n) is 2.90. The van der Waals surface area contributed by atoms with E-state index in [9.17, 15) is 14.6 Å². The molecule has 102 valence electrons. The molecule has 0 saturated carbocycles. The number of rotatable bonds is 6. The monoisotopic (exact) mass is 255 g/mol. The summed E-state index contributed by atoms with van der Waals surface area (Å²) in [4.78, 5) is 1.93. The molecule has 3 nitrogen and oxygen atoms in total. The number of halogens is 1. The maximum absolute atomic E-state index is 13.5. The summed E-state index contributed by atoms with van der Waals surface area (Å²) in [7, 11) is 0. The second-order valence-corrected chi connectivity index (χ2v) is 4.93. The van der Waals surface area contributed by atoms with Gasteiger partial charge in [0.15, 0.2) is 0 Å². The predicted octanol–water partition coefficient (Wildman–Crippen LogP) is 1.95. The minimum absolute atomic E-state index is 0.182. The van der Waals surface area contributed by atoms with Crippen molar-refractivity contribution in [1.29, 1.82) is 0 Å². The van der Waals surface area contributed by atoms with Crippen molar-refractivity contribution in [3.8, 4) is 0 Å². The Labute approximate surface area is 108 Å². The van der Waals surface area contributed by atoms with Gasteiger partial charge in [-0.3, -0.25) is 4.90 Å². The molecular formula is C14H22FNO2. The van der Waals surface area contributed by atoms with Crippen LogP contribution in [0.25, 0.3) is 0 Å². The third-order valence-corrected chi connectivity index (χ3v) is 2.90. The smallest absolute Gasteiger partial charge is 0.129 e. The molecule has 2 atom stereocenters. The molecule has 4 heteroatoms. The molecule has 18 heavy (non-hydrogen) atoms. The summed E-state index contributed by atoms with van der Waals surface area (Å²) >= 11 is 0. The van der Waals surface area contributed by atoms with E-state index in [0.29, 0.717) is 18.7 Å². The van der Waals surface area contributed by atoms with Crippen LogP contribution in [0.15, 0.2) is 24.3 Å². The van der Waals surface area contributed by atoms with Gasteiger partial charge < -0.3 is 10.2 Å². The average molecular weight is 255 g/mol. The standard InChI is InChI=1S/C14H22FNO2/c1-10(2)16(8-11(3)17)9-14(18)12-6-4-5-7-13(12)15/h4-7,10-11,14,17-18H,8-9H2,1-3H3. The van der Waals surface area contributed by atoms with Crippen LogP contribution >= 0.6 is 0 Å². The number of nitrogens with zero attached hydrogens (tertiary/aromatic N) is 1. The molecule has 1 rings (SSSR count). The van der Waals surface area contributed by atoms with Crippen molar-refractivity contribution in [3.63, 3.8) is 0 Å². The second kappa shape index (κ2) is 6.83. The van der Waals surface area contributed by atoms with Crippen LogP contribution in [0, 0.1) is 5.82 Å². The highest BCUT2D eigenvalue weighted by Gasteiger charge is 2.19. The van der Waals surface area contributed by atoms with Gasteiger partial charge >= 0.3 is 0 Å². The van der Waals surface area contributed by atoms with Crippen LogP contribution in [-0.4, -0.2) is 40.3 Å². The molecule has 0 aromatic heterocycles. The number of aliphatic hydroxyl groups excluding tert-OH is 2. The molecule has 0 saturated heterocycles. The van der Waals surface area contributed by atoms with Crippen LogP contribution in [0.3, 0.4) is 0 Å². The van der Waals surface area contributed by atoms with Crippen molar-refractivity contribution >= 4 is 0 Å². The number of hydrogen-bond donors (Lipinski definition) is 2. The van der Waals surface area contributed by atoms with Gasteiger partial charge in [-0.05, 0) is 26.8 Å². The highest BCUT2D eigenvalue weighted by atomic mass is 19.1. The molecule has 0 aliphatic heterocycles. The molecule has 0 aliphatic rings. The summed E-state index contributed by atoms with van der Waals surface area (Å²) in [5.41, 5.74) is 0.300. The molecule has 0 heterocycles. The molecule has 2 unspecified atom stereocenters. The minimum atomic E-state index is -0.882. The van der Waals surface area contributed by atoms with Gasteiger partial charge in [0.2, 0.25) is 0 Å². The first-order valence-corrected chi connectivity index (χ1v) is 6.26. The maximum atomic E-state index is 13.5. The van der Waals surface area contributed by atoms with Crippen LogP contribution < -0.4 is 0 Å². The lowest BCUT2D eigenvalue weighted by Gasteiger charge is -2.29. The Bertz CT molecular complexity index is 369. The van der Waals surface area contributed by atoms with Crippen molar-refractivity contribution in [2.45, 2.75) is 39.0 Å². The van der Waals surface area contributed by atoms with E-state index in [1.165, 1.54) is 6.07 Å². The lowest BCUT2D eigenvalue weighted by atomic mass is 10.1. The summed E-state index contributed by atoms with van der Waals surface area (Å²) in [5.74, 6) is -0.397. The van der Waals surface area contributed by atoms with Gasteiger partial charge in [-0.25, -0.2) is 4.39 Å². The largest absolute Gasteiger partial charge is 0.392 e. The van der Waals surface area contributed by atoms with E-state index in [4.69, 9.17) is 0 Å². The molecular weight excluding hydrogens is 233 g/mol. The zero-order chi connectivity index (χ0) is 13.7. The van der Waals surface area contributed by atoms with E-state index < -0.39 is 18.0 Å². The van der Waals surface area contributed by atoms with Gasteiger partial charge in [0.05, 0.1) is 12.2 Å². The predicted molar refractivity (Wildman–Crippen MR) is 69.7 cm³/mol. The summed E-state index contributed by atoms with van der Waals surface area (Å²) in [6, 6.07) is 6.41. The highest BCUT2D eigenvalue weighted by molar-refractivity contribution is 5.20. The van der Waals surface area contributed by atoms with Gasteiger partial charge in [0, 0.05) is 24.7 Å². The van der Waals surface area contributed by atoms with E-state index in [-0.39, 0.29) is 6.04 Å². The number of benzene rings is 1. The van der Waals surface area contributed by atoms with Crippen LogP contribution in [0.1, 0.15) is 32.4 Å². The van der Waals surface area contributed by atoms with Gasteiger partial charge in [-0.15, -0.1) is 0 Å². The first-order valence-electron chi connectivity index (χ1n) is 6.26. The summed E-state index contributed by atoms with van der Waals surface area (Å²) in [6.45, 7) is 6.43. The summed E-state index contributed by atoms with van der Waals surface area (Å²) in [5, 5.41) is 19.5. The zero-order valence-electron chi connectivity index (χ0n) is 11.2. The quantitative estimate of drug-likeness (QED) is 0.816. The molecule has 0 bridgehead atoms. The van der Waals surface area contributed by atoms with Crippen molar-refractivity contribution in [3.05, 3.63) is 35.6 Å². The molecule has 2 N–H and O–H groups in total. The highest BCUT2D eigenvalue weighted by Crippen LogP contribution is 2.18. The molecule has 0 amide bonds. The molecule has 1 aromatic rings. The Morgan fingerprint density at radius 1 is 1.11 bits per heavy atom. The van der Waals surface area contributed by atoms with E-state index in [2.05, 4.69) is 0 Å². The topological polar surface area (TPSA) is 43.7 Å². The lowest BCUT2D eigenvalue weighted by Crippen LogP contribution is -2.39. The normalized spacial score (nSPS) is 15.1. The van der Waals surface area contributed by atoms with Crippen LogP contribution in [0.2, 0.25) is 0 Å². The van der Waals surface area contributed by atoms with Gasteiger partial charge in [-0.2, -0.15) is 0 Å². The van der Waals surface area contributed by atoms with E-state index in [1.807, 2.05) is 18.7 Å². The molecule has 0 radical (unpaired) electrons. The molecule has 0 fully saturated rings. The summed E-state index contributed by atoms with van der Waals surface area (Å²) in [6.07, 6.45) is -1.35. The van der Waals surface area contributed by atoms with E-state index >= 15 is 0 Å². The van der Waals surface area contributed by atoms with Crippen molar-refractivity contribution in [2.75, 3.05) is 13.1 Å². The van der Waals surface area contributed by atoms with Gasteiger partial charge in [0.1, 0.15) is 5.82 Å². The Kier molecular flexibility index (Phi) is 5.72. The van der Waals surface area contributed by atoms with Crippen LogP contribution in [0.5, 0.6) is 0 Å². The Hall–Kier alpha value is -0.970. The fraction of sp³-hybridized carbons (Fsp3) is 0.571. The number of aliphatic hydroxyl groups is 2. The molecule has 0 spiro atoms. The SMILES string of the molecule is CC(O)CN(CC(O)c1ccccc1F)C(C)C. The fourth-order valence-corrected chi connectivity index (χ4v) is 1.90. The van der Waals surface area contributed by atoms with Gasteiger partial charge in [-0.1, -0.05) is 18.2 Å². The third kappa shape index (κ3) is 4.37. The van der Waals surface area contributed by atoms with Crippen molar-refractivity contribution in [2.24, 2.45) is 0 Å². The first-order chi connectivity index (χ1) is 8.41. The second-order valence-electron chi connectivity index (χ2n) is 4.93. The van der Waals surface area contributed by atoms with Crippen LogP contribution in [0.4, 0.5) is 4.39 Å². The van der Waals surface area contributed by atoms with E-state index in [1.54, 1.807) is 25.1 Å². The van der Waals surface area contributed by atoms with Crippen molar-refractivity contribution < 1.29 is 14.6 Å². The maximum Gasteiger partial charge on any atom is 0.129 e. The Morgan fingerprint density at radius 3 is 2.22 bits per heavy atom. The first kappa shape index (κ1) is 15.1. The van der Waals surface area contributed by atoms with Gasteiger partial charge in [0.25, 0.3) is 0 Å². The zero-order valence-corrected chi connectivity index (χ0v) is 11.2. The Balaban J connectivity index is 2.72. The van der Waals surface area contributed by atoms with E-state index in [0.717, 1.165) is 0 Å². The minimum Gasteiger partial charge on any atom is -0.392 e. The number of hydrogen-bond acceptors (Lipinski definition) is 3. The molecule has 1 aromatic carbocycles. The fourth-order valence-electron chi connectivity index (χ4n) is 1.90. The Morgan fingerprint density at radius 2 is 1.72 bits per heavy atom. The average Bonchev–Trinajstić information content (AvgIpc) is 2.27. The van der Waals surface area contributed by atoms with Crippen molar-refractivity contribution in [1.82, 2.24) is 4.90 Å². The lowest BCUT2D eigenvalue weighted by molar-refractivity contribution is 0.0574.